The summed E-state index contributed by atoms with van der Waals surface area (Å²) in [5.41, 5.74) is 5.65. The van der Waals surface area contributed by atoms with E-state index in [0.717, 1.165) is 26.2 Å². The number of nitrogens with two attached hydrogens (primary N) is 1. The van der Waals surface area contributed by atoms with Crippen LogP contribution in [0.1, 0.15) is 20.8 Å². The normalized spacial score (nSPS) is 21.3. The molecule has 0 aliphatic carbocycles. The van der Waals surface area contributed by atoms with E-state index in [1.165, 1.54) is 0 Å². The maximum Gasteiger partial charge on any atom is 0.0301 e. The maximum atomic E-state index is 5.34. The van der Waals surface area contributed by atoms with Gasteiger partial charge in [-0.05, 0) is 20.8 Å². The van der Waals surface area contributed by atoms with E-state index in [2.05, 4.69) is 30.6 Å². The van der Waals surface area contributed by atoms with Gasteiger partial charge in [0.2, 0.25) is 0 Å². The predicted molar refractivity (Wildman–Crippen MR) is 56.2 cm³/mol. The molecule has 1 rings (SSSR count). The molecule has 0 radical (unpaired) electrons. The highest BCUT2D eigenvalue weighted by atomic mass is 15.3. The lowest BCUT2D eigenvalue weighted by atomic mass is 10.1. The summed E-state index contributed by atoms with van der Waals surface area (Å²) in [6.45, 7) is 11.2. The van der Waals surface area contributed by atoms with Gasteiger partial charge in [-0.3, -0.25) is 4.90 Å². The second-order valence-electron chi connectivity index (χ2n) is 4.54. The van der Waals surface area contributed by atoms with E-state index >= 15 is 0 Å². The van der Waals surface area contributed by atoms with Gasteiger partial charge in [0.25, 0.3) is 0 Å². The van der Waals surface area contributed by atoms with Gasteiger partial charge in [-0.2, -0.15) is 0 Å². The summed E-state index contributed by atoms with van der Waals surface area (Å²) in [4.78, 5) is 4.77. The number of nitrogens with zero attached hydrogens (tertiary/aromatic N) is 2. The Hall–Kier alpha value is -0.700. The third-order valence-corrected chi connectivity index (χ3v) is 2.56. The molecule has 3 heteroatoms. The molecule has 0 amide bonds. The van der Waals surface area contributed by atoms with E-state index in [1.54, 1.807) is 6.20 Å². The average molecular weight is 183 g/mol. The van der Waals surface area contributed by atoms with Crippen molar-refractivity contribution in [3.05, 3.63) is 12.4 Å². The van der Waals surface area contributed by atoms with E-state index in [-0.39, 0.29) is 0 Å². The Morgan fingerprint density at radius 1 is 1.08 bits per heavy atom. The Balaban J connectivity index is 2.39. The molecule has 76 valence electrons. The van der Waals surface area contributed by atoms with Crippen LogP contribution in [0.25, 0.3) is 0 Å². The lowest BCUT2D eigenvalue weighted by Gasteiger charge is -2.41. The maximum absolute atomic E-state index is 5.34. The molecule has 1 fully saturated rings. The van der Waals surface area contributed by atoms with Gasteiger partial charge < -0.3 is 10.6 Å². The van der Waals surface area contributed by atoms with Crippen molar-refractivity contribution >= 4 is 0 Å². The van der Waals surface area contributed by atoms with E-state index in [4.69, 9.17) is 5.73 Å². The molecule has 13 heavy (non-hydrogen) atoms. The number of piperazine rings is 1. The van der Waals surface area contributed by atoms with Crippen LogP contribution in [0.4, 0.5) is 0 Å². The van der Waals surface area contributed by atoms with Gasteiger partial charge in [-0.15, -0.1) is 0 Å². The Morgan fingerprint density at radius 3 is 2.00 bits per heavy atom. The molecule has 1 aliphatic heterocycles. The predicted octanol–water partition coefficient (Wildman–Crippen LogP) is 0.832. The summed E-state index contributed by atoms with van der Waals surface area (Å²) >= 11 is 0. The van der Waals surface area contributed by atoms with Crippen molar-refractivity contribution in [3.8, 4) is 0 Å². The van der Waals surface area contributed by atoms with Gasteiger partial charge in [0, 0.05) is 44.1 Å². The first-order chi connectivity index (χ1) is 6.04. The standard InChI is InChI=1S/C10H21N3/c1-10(2,3)13-8-6-12(5-4-11)7-9-13/h4-5H,6-9,11H2,1-3H3/b5-4+. The van der Waals surface area contributed by atoms with Crippen LogP contribution in [0.15, 0.2) is 12.4 Å². The van der Waals surface area contributed by atoms with Crippen LogP contribution >= 0.6 is 0 Å². The minimum absolute atomic E-state index is 0.304. The van der Waals surface area contributed by atoms with E-state index in [9.17, 15) is 0 Å². The topological polar surface area (TPSA) is 32.5 Å². The SMILES string of the molecule is CC(C)(C)N1CCN(/C=C/N)CC1. The highest BCUT2D eigenvalue weighted by Crippen LogP contribution is 2.15. The lowest BCUT2D eigenvalue weighted by molar-refractivity contribution is 0.0812. The number of rotatable bonds is 1. The summed E-state index contributed by atoms with van der Waals surface area (Å²) in [6.07, 6.45) is 3.59. The van der Waals surface area contributed by atoms with Crippen molar-refractivity contribution in [2.75, 3.05) is 26.2 Å². The van der Waals surface area contributed by atoms with Crippen LogP contribution in [-0.4, -0.2) is 41.5 Å². The molecular formula is C10H21N3. The lowest BCUT2D eigenvalue weighted by Crippen LogP contribution is -2.52. The Bertz CT molecular complexity index is 173. The zero-order chi connectivity index (χ0) is 9.90. The smallest absolute Gasteiger partial charge is 0.0301 e. The minimum Gasteiger partial charge on any atom is -0.403 e. The first kappa shape index (κ1) is 10.4. The van der Waals surface area contributed by atoms with E-state index in [1.807, 2.05) is 6.20 Å². The highest BCUT2D eigenvalue weighted by Gasteiger charge is 2.24. The molecule has 2 N–H and O–H groups in total. The Morgan fingerprint density at radius 2 is 1.62 bits per heavy atom. The van der Waals surface area contributed by atoms with Crippen molar-refractivity contribution in [2.24, 2.45) is 5.73 Å². The van der Waals surface area contributed by atoms with Crippen molar-refractivity contribution in [2.45, 2.75) is 26.3 Å². The van der Waals surface area contributed by atoms with Crippen molar-refractivity contribution in [1.29, 1.82) is 0 Å². The van der Waals surface area contributed by atoms with Crippen LogP contribution in [-0.2, 0) is 0 Å². The van der Waals surface area contributed by atoms with Gasteiger partial charge in [0.05, 0.1) is 0 Å². The molecule has 0 atom stereocenters. The molecule has 0 bridgehead atoms. The van der Waals surface area contributed by atoms with Crippen LogP contribution < -0.4 is 5.73 Å². The largest absolute Gasteiger partial charge is 0.403 e. The summed E-state index contributed by atoms with van der Waals surface area (Å²) in [5, 5.41) is 0. The molecule has 0 aromatic carbocycles. The molecule has 0 spiro atoms. The third-order valence-electron chi connectivity index (χ3n) is 2.56. The molecule has 1 heterocycles. The fourth-order valence-electron chi connectivity index (χ4n) is 1.66. The average Bonchev–Trinajstić information content (AvgIpc) is 2.04. The minimum atomic E-state index is 0.304. The molecular weight excluding hydrogens is 162 g/mol. The number of hydrogen-bond acceptors (Lipinski definition) is 3. The Kier molecular flexibility index (Phi) is 3.20. The molecule has 3 nitrogen and oxygen atoms in total. The second-order valence-corrected chi connectivity index (χ2v) is 4.54. The fraction of sp³-hybridized carbons (Fsp3) is 0.800. The van der Waals surface area contributed by atoms with E-state index in [0.29, 0.717) is 5.54 Å². The first-order valence-corrected chi connectivity index (χ1v) is 4.91. The van der Waals surface area contributed by atoms with Crippen LogP contribution in [0, 0.1) is 0 Å². The summed E-state index contributed by atoms with van der Waals surface area (Å²) in [7, 11) is 0. The van der Waals surface area contributed by atoms with Gasteiger partial charge in [0.1, 0.15) is 0 Å². The molecule has 0 saturated carbocycles. The molecule has 0 aromatic rings. The fourth-order valence-corrected chi connectivity index (χ4v) is 1.66. The molecule has 1 saturated heterocycles. The van der Waals surface area contributed by atoms with Gasteiger partial charge in [-0.1, -0.05) is 0 Å². The van der Waals surface area contributed by atoms with Gasteiger partial charge in [-0.25, -0.2) is 0 Å². The first-order valence-electron chi connectivity index (χ1n) is 4.91. The summed E-state index contributed by atoms with van der Waals surface area (Å²) < 4.78 is 0. The molecule has 1 aliphatic rings. The van der Waals surface area contributed by atoms with E-state index < -0.39 is 0 Å². The van der Waals surface area contributed by atoms with Crippen LogP contribution in [0.3, 0.4) is 0 Å². The number of hydrogen-bond donors (Lipinski definition) is 1. The zero-order valence-electron chi connectivity index (χ0n) is 8.95. The zero-order valence-corrected chi connectivity index (χ0v) is 8.95. The monoisotopic (exact) mass is 183 g/mol. The quantitative estimate of drug-likeness (QED) is 0.653. The molecule has 0 aromatic heterocycles. The third kappa shape index (κ3) is 2.92. The Labute approximate surface area is 81.2 Å². The van der Waals surface area contributed by atoms with Crippen molar-refractivity contribution in [3.63, 3.8) is 0 Å². The van der Waals surface area contributed by atoms with Crippen molar-refractivity contribution < 1.29 is 0 Å². The molecule has 0 unspecified atom stereocenters. The van der Waals surface area contributed by atoms with Crippen LogP contribution in [0.5, 0.6) is 0 Å². The summed E-state index contributed by atoms with van der Waals surface area (Å²) in [6, 6.07) is 0. The summed E-state index contributed by atoms with van der Waals surface area (Å²) in [5.74, 6) is 0. The van der Waals surface area contributed by atoms with Gasteiger partial charge >= 0.3 is 0 Å². The van der Waals surface area contributed by atoms with Crippen molar-refractivity contribution in [1.82, 2.24) is 9.80 Å². The second kappa shape index (κ2) is 4.01. The van der Waals surface area contributed by atoms with Crippen LogP contribution in [0.2, 0.25) is 0 Å². The highest BCUT2D eigenvalue weighted by molar-refractivity contribution is 4.86. The van der Waals surface area contributed by atoms with Gasteiger partial charge in [0.15, 0.2) is 0 Å².